The predicted molar refractivity (Wildman–Crippen MR) is 165 cm³/mol. The molecule has 2 aliphatic heterocycles. The van der Waals surface area contributed by atoms with Gasteiger partial charge in [0.25, 0.3) is 5.91 Å². The number of benzene rings is 2. The normalized spacial score (nSPS) is 16.9. The van der Waals surface area contributed by atoms with E-state index < -0.39 is 11.9 Å². The van der Waals surface area contributed by atoms with E-state index >= 15 is 0 Å². The van der Waals surface area contributed by atoms with Gasteiger partial charge in [-0.1, -0.05) is 31.4 Å². The fourth-order valence-corrected chi connectivity index (χ4v) is 5.24. The van der Waals surface area contributed by atoms with Crippen LogP contribution in [0.2, 0.25) is 0 Å². The highest BCUT2D eigenvalue weighted by Crippen LogP contribution is 2.29. The van der Waals surface area contributed by atoms with Crippen LogP contribution in [0.5, 0.6) is 0 Å². The molecule has 8 N–H and O–H groups in total. The molecule has 2 aromatic carbocycles. The largest absolute Gasteiger partial charge is 0.399 e. The molecule has 0 aliphatic carbocycles. The summed E-state index contributed by atoms with van der Waals surface area (Å²) in [5, 5.41) is 12.5. The molecule has 12 nitrogen and oxygen atoms in total. The number of unbranched alkanes of at least 4 members (excludes halogenated alkanes) is 4. The van der Waals surface area contributed by atoms with Gasteiger partial charge in [-0.25, -0.2) is 4.99 Å². The number of carbonyl (C=O) groups is 4. The molecule has 2 aliphatic rings. The van der Waals surface area contributed by atoms with E-state index in [0.29, 0.717) is 35.5 Å². The van der Waals surface area contributed by atoms with Crippen LogP contribution in [0.4, 0.5) is 11.4 Å². The lowest BCUT2D eigenvalue weighted by Crippen LogP contribution is -2.72. The number of carbonyl (C=O) groups excluding carboxylic acids is 4. The number of anilines is 2. The summed E-state index contributed by atoms with van der Waals surface area (Å²) in [7, 11) is 0. The van der Waals surface area contributed by atoms with Crippen LogP contribution in [0.25, 0.3) is 0 Å². The maximum atomic E-state index is 12.8. The smallest absolute Gasteiger partial charge is 0.255 e. The van der Waals surface area contributed by atoms with Crippen molar-refractivity contribution in [2.24, 2.45) is 10.9 Å². The van der Waals surface area contributed by atoms with Gasteiger partial charge >= 0.3 is 0 Å². The van der Waals surface area contributed by atoms with Crippen molar-refractivity contribution in [2.45, 2.75) is 64.0 Å². The van der Waals surface area contributed by atoms with E-state index in [0.717, 1.165) is 62.9 Å². The van der Waals surface area contributed by atoms with Crippen molar-refractivity contribution >= 4 is 46.9 Å². The fraction of sp³-hybridized carbons (Fsp3) is 0.419. The zero-order valence-electron chi connectivity index (χ0n) is 24.4. The number of rotatable bonds is 15. The van der Waals surface area contributed by atoms with Crippen molar-refractivity contribution in [1.82, 2.24) is 15.5 Å². The third kappa shape index (κ3) is 8.95. The van der Waals surface area contributed by atoms with Crippen molar-refractivity contribution in [3.8, 4) is 0 Å². The molecule has 4 rings (SSSR count). The van der Waals surface area contributed by atoms with Gasteiger partial charge in [-0.05, 0) is 61.7 Å². The first-order chi connectivity index (χ1) is 20.9. The third-order valence-corrected chi connectivity index (χ3v) is 7.60. The van der Waals surface area contributed by atoms with Gasteiger partial charge in [-0.3, -0.25) is 24.5 Å². The lowest BCUT2D eigenvalue weighted by Gasteiger charge is -2.29. The summed E-state index contributed by atoms with van der Waals surface area (Å²) >= 11 is 0. The van der Waals surface area contributed by atoms with Crippen molar-refractivity contribution in [3.63, 3.8) is 0 Å². The van der Waals surface area contributed by atoms with Crippen molar-refractivity contribution in [3.05, 3.63) is 59.2 Å². The number of fused-ring (bicyclic) bond motifs is 1. The molecule has 1 atom stereocenters. The van der Waals surface area contributed by atoms with Gasteiger partial charge < -0.3 is 27.1 Å². The van der Waals surface area contributed by atoms with Crippen LogP contribution < -0.4 is 32.5 Å². The summed E-state index contributed by atoms with van der Waals surface area (Å²) < 4.78 is 0. The highest BCUT2D eigenvalue weighted by molar-refractivity contribution is 6.36. The number of nitrogens with one attached hydrogen (secondary N) is 4. The number of nitrogens with two attached hydrogens (primary N) is 2. The Morgan fingerprint density at radius 1 is 1.05 bits per heavy atom. The summed E-state index contributed by atoms with van der Waals surface area (Å²) in [6.45, 7) is 2.78. The van der Waals surface area contributed by atoms with Gasteiger partial charge in [0.1, 0.15) is 6.04 Å². The van der Waals surface area contributed by atoms with Crippen molar-refractivity contribution in [1.29, 1.82) is 0 Å². The van der Waals surface area contributed by atoms with E-state index in [1.165, 1.54) is 4.90 Å². The lowest BCUT2D eigenvalue weighted by molar-refractivity contribution is -0.447. The van der Waals surface area contributed by atoms with E-state index in [-0.39, 0.29) is 30.7 Å². The van der Waals surface area contributed by atoms with Gasteiger partial charge in [0.05, 0.1) is 6.54 Å². The van der Waals surface area contributed by atoms with E-state index in [1.807, 2.05) is 24.3 Å². The molecule has 2 heterocycles. The monoisotopic (exact) mass is 589 g/mol. The number of hydrogen-bond donors (Lipinski definition) is 6. The van der Waals surface area contributed by atoms with Crippen LogP contribution in [0.15, 0.2) is 47.6 Å². The number of amides is 4. The fourth-order valence-electron chi connectivity index (χ4n) is 5.24. The summed E-state index contributed by atoms with van der Waals surface area (Å²) in [4.78, 5) is 53.7. The topological polar surface area (TPSA) is 186 Å². The van der Waals surface area contributed by atoms with Crippen LogP contribution in [0.3, 0.4) is 0 Å². The zero-order chi connectivity index (χ0) is 30.6. The first-order valence-corrected chi connectivity index (χ1v) is 14.8. The molecule has 1 fully saturated rings. The Labute approximate surface area is 251 Å². The van der Waals surface area contributed by atoms with Gasteiger partial charge in [0.15, 0.2) is 18.5 Å². The Hall–Kier alpha value is -4.58. The minimum absolute atomic E-state index is 0.0588. The molecule has 1 saturated heterocycles. The predicted octanol–water partition coefficient (Wildman–Crippen LogP) is 0.413. The quantitative estimate of drug-likeness (QED) is 0.0434. The second kappa shape index (κ2) is 15.6. The summed E-state index contributed by atoms with van der Waals surface area (Å²) in [5.41, 5.74) is 9.90. The first kappa shape index (κ1) is 31.4. The second-order valence-corrected chi connectivity index (χ2v) is 10.8. The molecule has 0 saturated carbocycles. The summed E-state index contributed by atoms with van der Waals surface area (Å²) in [6, 6.07) is 11.9. The van der Waals surface area contributed by atoms with Crippen molar-refractivity contribution in [2.75, 3.05) is 30.7 Å². The Kier molecular flexibility index (Phi) is 11.4. The molecule has 228 valence electrons. The minimum Gasteiger partial charge on any atom is -0.399 e. The van der Waals surface area contributed by atoms with Gasteiger partial charge in [0, 0.05) is 41.9 Å². The molecule has 0 bridgehead atoms. The van der Waals surface area contributed by atoms with E-state index in [1.54, 1.807) is 24.4 Å². The summed E-state index contributed by atoms with van der Waals surface area (Å²) in [5.74, 6) is 4.46. The van der Waals surface area contributed by atoms with Crippen LogP contribution in [0, 0.1) is 0 Å². The number of nitrogen functional groups attached to an aromatic ring is 1. The number of hydrogen-bond acceptors (Lipinski definition) is 8. The van der Waals surface area contributed by atoms with E-state index in [4.69, 9.17) is 11.6 Å². The maximum Gasteiger partial charge on any atom is 0.255 e. The average Bonchev–Trinajstić information content (AvgIpc) is 3.31. The molecular weight excluding hydrogens is 548 g/mol. The standard InChI is InChI=1S/C31H40N8O4/c32-23-9-7-21(8-10-23)26(38-33)19-35-17-16-34-15-5-3-1-2-4-6-28(40)36-24-11-12-25-22(18-24)20-39(31(25)43)27-13-14-29(41)37-30(27)42/h7-12,18-19,27,34H,1-6,13-17,20,32-33H2,(H,36,40)(H,37,41,42)/p+1/b35-19?,38-26+. The molecular formula is C31H41N8O4+. The zero-order valence-corrected chi connectivity index (χ0v) is 24.4. The van der Waals surface area contributed by atoms with Gasteiger partial charge in [0.2, 0.25) is 17.7 Å². The van der Waals surface area contributed by atoms with E-state index in [9.17, 15) is 19.2 Å². The first-order valence-electron chi connectivity index (χ1n) is 14.8. The lowest BCUT2D eigenvalue weighted by atomic mass is 10.0. The molecule has 2 aromatic rings. The molecule has 0 radical (unpaired) electrons. The second-order valence-electron chi connectivity index (χ2n) is 10.8. The molecule has 12 heteroatoms. The Morgan fingerprint density at radius 3 is 2.58 bits per heavy atom. The molecule has 43 heavy (non-hydrogen) atoms. The highest BCUT2D eigenvalue weighted by Gasteiger charge is 2.39. The number of imide groups is 1. The third-order valence-electron chi connectivity index (χ3n) is 7.60. The van der Waals surface area contributed by atoms with E-state index in [2.05, 4.69) is 26.0 Å². The Morgan fingerprint density at radius 2 is 1.81 bits per heavy atom. The molecule has 1 unspecified atom stereocenters. The SMILES string of the molecule is N/N=C(\C=[NH+]CCNCCCCCCCC(=O)Nc1ccc2c(c1)CN(C1CCC(=O)NC1=O)C2=O)c1ccc(N)cc1. The van der Waals surface area contributed by atoms with Gasteiger partial charge in [-0.15, -0.1) is 0 Å². The molecule has 0 spiro atoms. The summed E-state index contributed by atoms with van der Waals surface area (Å²) in [6.07, 6.45) is 7.79. The van der Waals surface area contributed by atoms with Crippen LogP contribution in [0.1, 0.15) is 72.9 Å². The van der Waals surface area contributed by atoms with Gasteiger partial charge in [-0.2, -0.15) is 5.10 Å². The minimum atomic E-state index is -0.654. The van der Waals surface area contributed by atoms with Crippen molar-refractivity contribution < 1.29 is 24.2 Å². The van der Waals surface area contributed by atoms with Crippen LogP contribution in [-0.4, -0.2) is 66.1 Å². The Balaban J connectivity index is 1.05. The Bertz CT molecular complexity index is 1370. The maximum absolute atomic E-state index is 12.8. The molecule has 0 aromatic heterocycles. The van der Waals surface area contributed by atoms with Crippen LogP contribution in [-0.2, 0) is 20.9 Å². The van der Waals surface area contributed by atoms with Crippen LogP contribution >= 0.6 is 0 Å². The average molecular weight is 590 g/mol. The molecule has 4 amide bonds. The number of piperidine rings is 1. The number of hydrazone groups is 1. The highest BCUT2D eigenvalue weighted by atomic mass is 16.2. The number of nitrogens with zero attached hydrogens (tertiary/aromatic N) is 2.